The van der Waals surface area contributed by atoms with Gasteiger partial charge in [0.05, 0.1) is 11.8 Å². The normalized spacial score (nSPS) is 33.9. The van der Waals surface area contributed by atoms with E-state index in [-0.39, 0.29) is 15.8 Å². The van der Waals surface area contributed by atoms with Crippen LogP contribution in [0.4, 0.5) is 0 Å². The van der Waals surface area contributed by atoms with E-state index >= 15 is 0 Å². The fourth-order valence-corrected chi connectivity index (χ4v) is 5.77. The molecule has 0 aromatic heterocycles. The van der Waals surface area contributed by atoms with Crippen LogP contribution >= 0.6 is 11.8 Å². The van der Waals surface area contributed by atoms with Crippen molar-refractivity contribution in [2.75, 3.05) is 7.05 Å². The highest BCUT2D eigenvalue weighted by Crippen LogP contribution is 2.55. The first-order valence-electron chi connectivity index (χ1n) is 8.00. The van der Waals surface area contributed by atoms with Crippen molar-refractivity contribution in [3.05, 3.63) is 35.9 Å². The van der Waals surface area contributed by atoms with E-state index in [0.29, 0.717) is 5.56 Å². The van der Waals surface area contributed by atoms with E-state index in [1.165, 1.54) is 11.8 Å². The van der Waals surface area contributed by atoms with Gasteiger partial charge in [0.2, 0.25) is 11.9 Å². The Morgan fingerprint density at radius 2 is 1.92 bits per heavy atom. The van der Waals surface area contributed by atoms with Gasteiger partial charge in [0.15, 0.2) is 11.4 Å². The molecule has 2 aliphatic rings. The molecule has 0 radical (unpaired) electrons. The van der Waals surface area contributed by atoms with Crippen LogP contribution < -0.4 is 16.2 Å². The van der Waals surface area contributed by atoms with Gasteiger partial charge < -0.3 is 21.0 Å². The average molecular weight is 363 g/mol. The Hall–Kier alpha value is -1.90. The zero-order valence-corrected chi connectivity index (χ0v) is 15.1. The van der Waals surface area contributed by atoms with Gasteiger partial charge in [-0.25, -0.2) is 9.28 Å². The van der Waals surface area contributed by atoms with Gasteiger partial charge >= 0.3 is 5.91 Å². The molecule has 1 aromatic rings. The highest BCUT2D eigenvalue weighted by Gasteiger charge is 2.74. The molecule has 2 fully saturated rings. The molecule has 0 spiro atoms. The largest absolute Gasteiger partial charge is 0.544 e. The molecule has 5 unspecified atom stereocenters. The van der Waals surface area contributed by atoms with Gasteiger partial charge in [0.1, 0.15) is 12.0 Å². The second-order valence-corrected chi connectivity index (χ2v) is 8.96. The van der Waals surface area contributed by atoms with Crippen molar-refractivity contribution in [2.45, 2.75) is 42.1 Å². The lowest BCUT2D eigenvalue weighted by molar-refractivity contribution is -0.887. The van der Waals surface area contributed by atoms with Crippen LogP contribution in [0.1, 0.15) is 25.5 Å². The molecule has 134 valence electrons. The number of hydrogen-bond acceptors (Lipinski definition) is 6. The van der Waals surface area contributed by atoms with E-state index < -0.39 is 34.7 Å². The molecule has 1 aromatic carbocycles. The summed E-state index contributed by atoms with van der Waals surface area (Å²) in [5.41, 5.74) is 6.62. The van der Waals surface area contributed by atoms with E-state index in [0.717, 1.165) is 0 Å². The molecule has 8 heteroatoms. The quantitative estimate of drug-likeness (QED) is 0.531. The number of nitrogens with one attached hydrogen (secondary N) is 1. The van der Waals surface area contributed by atoms with Gasteiger partial charge in [0, 0.05) is 0 Å². The van der Waals surface area contributed by atoms with Crippen LogP contribution in [0.15, 0.2) is 30.3 Å². The number of nitrogens with zero attached hydrogens (tertiary/aromatic N) is 1. The highest BCUT2D eigenvalue weighted by atomic mass is 32.2. The lowest BCUT2D eigenvalue weighted by Gasteiger charge is -2.50. The number of β-lactam (4-membered cyclic amide) rings is 1. The van der Waals surface area contributed by atoms with Crippen molar-refractivity contribution in [2.24, 2.45) is 5.73 Å². The molecule has 7 nitrogen and oxygen atoms in total. The predicted molar refractivity (Wildman–Crippen MR) is 90.7 cm³/mol. The van der Waals surface area contributed by atoms with E-state index in [1.54, 1.807) is 45.2 Å². The number of carboxylic acid groups (broad SMARTS) is 1. The molecular weight excluding hydrogens is 342 g/mol. The summed E-state index contributed by atoms with van der Waals surface area (Å²) in [6, 6.07) is 6.29. The van der Waals surface area contributed by atoms with Gasteiger partial charge in [0.25, 0.3) is 0 Å². The minimum absolute atomic E-state index is 0.258. The van der Waals surface area contributed by atoms with Crippen LogP contribution in [0.5, 0.6) is 0 Å². The topological polar surface area (TPSA) is 112 Å². The van der Waals surface area contributed by atoms with Crippen molar-refractivity contribution in [3.8, 4) is 0 Å². The zero-order chi connectivity index (χ0) is 18.6. The summed E-state index contributed by atoms with van der Waals surface area (Å²) in [5, 5.41) is 13.9. The number of rotatable bonds is 4. The maximum absolute atomic E-state index is 12.7. The Bertz CT molecular complexity index is 739. The smallest absolute Gasteiger partial charge is 0.344 e. The third-order valence-corrected chi connectivity index (χ3v) is 6.92. The highest BCUT2D eigenvalue weighted by molar-refractivity contribution is 8.01. The summed E-state index contributed by atoms with van der Waals surface area (Å²) in [5.74, 6) is -2.03. The van der Waals surface area contributed by atoms with Crippen LogP contribution in [0.25, 0.3) is 0 Å². The van der Waals surface area contributed by atoms with Crippen LogP contribution in [0.3, 0.4) is 0 Å². The summed E-state index contributed by atoms with van der Waals surface area (Å²) >= 11 is 1.39. The number of carbonyl (C=O) groups excluding carboxylic acids is 3. The third kappa shape index (κ3) is 2.56. The lowest BCUT2D eigenvalue weighted by Crippen LogP contribution is -2.81. The van der Waals surface area contributed by atoms with Crippen LogP contribution in [0, 0.1) is 0 Å². The molecule has 25 heavy (non-hydrogen) atoms. The van der Waals surface area contributed by atoms with Crippen molar-refractivity contribution in [3.63, 3.8) is 0 Å². The van der Waals surface area contributed by atoms with Crippen molar-refractivity contribution in [1.82, 2.24) is 5.32 Å². The molecular formula is C17H21N3O4S. The van der Waals surface area contributed by atoms with Crippen molar-refractivity contribution >= 4 is 29.5 Å². The van der Waals surface area contributed by atoms with Crippen molar-refractivity contribution < 1.29 is 24.0 Å². The number of hydrogen-bond donors (Lipinski definition) is 2. The summed E-state index contributed by atoms with van der Waals surface area (Å²) < 4.78 is -0.930. The Morgan fingerprint density at radius 1 is 1.32 bits per heavy atom. The first-order chi connectivity index (χ1) is 11.6. The standard InChI is InChI=1S/C17H21N3O4S/c1-17(2)12(16(23)24)20(3)14(22)11(15(20)25-17)19-13(21)10(18)9-7-5-4-6-8-9/h4-8,10-12,15H,18H2,1-3H3,(H-,19,21,23,24). The van der Waals surface area contributed by atoms with Gasteiger partial charge in [-0.05, 0) is 19.4 Å². The molecule has 3 N–H and O–H groups in total. The Labute approximate surface area is 150 Å². The minimum Gasteiger partial charge on any atom is -0.544 e. The van der Waals surface area contributed by atoms with E-state index in [1.807, 2.05) is 6.07 Å². The first-order valence-corrected chi connectivity index (χ1v) is 8.88. The van der Waals surface area contributed by atoms with E-state index in [9.17, 15) is 19.5 Å². The average Bonchev–Trinajstić information content (AvgIpc) is 2.76. The number of carboxylic acids is 1. The summed E-state index contributed by atoms with van der Waals surface area (Å²) in [6.07, 6.45) is 0. The number of likely N-dealkylation sites (N-methyl/N-ethyl adjacent to an activating group) is 1. The Morgan fingerprint density at radius 3 is 2.48 bits per heavy atom. The van der Waals surface area contributed by atoms with Crippen molar-refractivity contribution in [1.29, 1.82) is 0 Å². The Kier molecular flexibility index (Phi) is 4.17. The number of amides is 2. The van der Waals surface area contributed by atoms with Gasteiger partial charge in [-0.15, -0.1) is 0 Å². The first kappa shape index (κ1) is 17.9. The van der Waals surface area contributed by atoms with Crippen LogP contribution in [-0.2, 0) is 14.4 Å². The monoisotopic (exact) mass is 363 g/mol. The van der Waals surface area contributed by atoms with Gasteiger partial charge in [-0.1, -0.05) is 42.1 Å². The molecule has 2 amide bonds. The van der Waals surface area contributed by atoms with Crippen LogP contribution in [-0.4, -0.2) is 51.5 Å². The second-order valence-electron chi connectivity index (χ2n) is 7.19. The zero-order valence-electron chi connectivity index (χ0n) is 14.3. The second kappa shape index (κ2) is 5.82. The summed E-state index contributed by atoms with van der Waals surface area (Å²) in [7, 11) is 1.59. The maximum atomic E-state index is 12.7. The fraction of sp³-hybridized carbons (Fsp3) is 0.471. The molecule has 0 aliphatic carbocycles. The van der Waals surface area contributed by atoms with E-state index in [2.05, 4.69) is 5.32 Å². The van der Waals surface area contributed by atoms with Crippen LogP contribution in [0.2, 0.25) is 0 Å². The third-order valence-electron chi connectivity index (χ3n) is 5.14. The molecule has 5 atom stereocenters. The molecule has 0 saturated carbocycles. The SMILES string of the molecule is CC1(C)SC2C(NC(=O)C(N)c3ccccc3)C(=O)[N+]2(C)C1C(=O)[O-]. The fourth-order valence-electron chi connectivity index (χ4n) is 3.94. The molecule has 2 aliphatic heterocycles. The molecule has 2 heterocycles. The number of aliphatic carboxylic acids is 1. The summed E-state index contributed by atoms with van der Waals surface area (Å²) in [6.45, 7) is 3.56. The van der Waals surface area contributed by atoms with Gasteiger partial charge in [-0.2, -0.15) is 0 Å². The number of thioether (sulfide) groups is 1. The predicted octanol–water partition coefficient (Wildman–Crippen LogP) is -0.872. The van der Waals surface area contributed by atoms with E-state index in [4.69, 9.17) is 5.73 Å². The number of fused-ring (bicyclic) bond motifs is 1. The number of benzene rings is 1. The summed E-state index contributed by atoms with van der Waals surface area (Å²) in [4.78, 5) is 36.7. The number of carbonyl (C=O) groups is 3. The number of nitrogens with two attached hydrogens (primary N) is 1. The maximum Gasteiger partial charge on any atom is 0.344 e. The Balaban J connectivity index is 1.77. The van der Waals surface area contributed by atoms with Gasteiger partial charge in [-0.3, -0.25) is 4.79 Å². The number of quaternary nitrogens is 1. The lowest BCUT2D eigenvalue weighted by atomic mass is 9.92. The molecule has 0 bridgehead atoms. The minimum atomic E-state index is -1.25. The molecule has 2 saturated heterocycles. The molecule has 3 rings (SSSR count).